The third-order valence-corrected chi connectivity index (χ3v) is 3.22. The molecule has 1 saturated heterocycles. The lowest BCUT2D eigenvalue weighted by Crippen LogP contribution is -2.49. The maximum atomic E-state index is 12.0. The largest absolute Gasteiger partial charge is 0.393 e. The Balaban J connectivity index is 2.37. The zero-order valence-corrected chi connectivity index (χ0v) is 10.6. The van der Waals surface area contributed by atoms with Crippen LogP contribution >= 0.6 is 0 Å². The zero-order chi connectivity index (χ0) is 12.1. The lowest BCUT2D eigenvalue weighted by molar-refractivity contribution is -0.133. The zero-order valence-electron chi connectivity index (χ0n) is 10.6. The van der Waals surface area contributed by atoms with Crippen molar-refractivity contribution in [1.82, 2.24) is 10.2 Å². The Morgan fingerprint density at radius 2 is 2.31 bits per heavy atom. The third-order valence-electron chi connectivity index (χ3n) is 3.22. The number of likely N-dealkylation sites (N-methyl/N-ethyl adjacent to an activating group) is 1. The highest BCUT2D eigenvalue weighted by atomic mass is 16.3. The SMILES string of the molecule is CC(O)CCN(C)C(=O)C1CC(C)CCN1. The summed E-state index contributed by atoms with van der Waals surface area (Å²) in [7, 11) is 1.81. The monoisotopic (exact) mass is 228 g/mol. The number of hydrogen-bond donors (Lipinski definition) is 2. The van der Waals surface area contributed by atoms with E-state index in [9.17, 15) is 9.90 Å². The van der Waals surface area contributed by atoms with Crippen LogP contribution in [0.15, 0.2) is 0 Å². The van der Waals surface area contributed by atoms with Gasteiger partial charge in [0.2, 0.25) is 5.91 Å². The Labute approximate surface area is 98.0 Å². The van der Waals surface area contributed by atoms with Gasteiger partial charge in [-0.15, -0.1) is 0 Å². The molecule has 1 aliphatic heterocycles. The summed E-state index contributed by atoms with van der Waals surface area (Å²) in [5, 5.41) is 12.4. The van der Waals surface area contributed by atoms with Crippen molar-refractivity contribution in [3.8, 4) is 0 Å². The average molecular weight is 228 g/mol. The third kappa shape index (κ3) is 4.10. The van der Waals surface area contributed by atoms with E-state index in [0.29, 0.717) is 18.9 Å². The number of rotatable bonds is 4. The molecule has 0 spiro atoms. The topological polar surface area (TPSA) is 52.6 Å². The van der Waals surface area contributed by atoms with Gasteiger partial charge in [0.1, 0.15) is 0 Å². The van der Waals surface area contributed by atoms with Gasteiger partial charge in [-0.2, -0.15) is 0 Å². The molecule has 94 valence electrons. The number of amides is 1. The molecule has 1 amide bonds. The number of carbonyl (C=O) groups is 1. The second-order valence-electron chi connectivity index (χ2n) is 5.03. The molecule has 0 aromatic rings. The maximum Gasteiger partial charge on any atom is 0.239 e. The molecular formula is C12H24N2O2. The fraction of sp³-hybridized carbons (Fsp3) is 0.917. The molecule has 1 fully saturated rings. The van der Waals surface area contributed by atoms with Gasteiger partial charge < -0.3 is 15.3 Å². The maximum absolute atomic E-state index is 12.0. The van der Waals surface area contributed by atoms with Crippen molar-refractivity contribution in [3.05, 3.63) is 0 Å². The first-order valence-corrected chi connectivity index (χ1v) is 6.17. The molecule has 0 aromatic carbocycles. The molecule has 0 bridgehead atoms. The molecule has 3 atom stereocenters. The summed E-state index contributed by atoms with van der Waals surface area (Å²) in [6, 6.07) is -0.0252. The summed E-state index contributed by atoms with van der Waals surface area (Å²) in [5.74, 6) is 0.785. The highest BCUT2D eigenvalue weighted by Crippen LogP contribution is 2.16. The van der Waals surface area contributed by atoms with Gasteiger partial charge in [0.15, 0.2) is 0 Å². The molecule has 1 rings (SSSR count). The highest BCUT2D eigenvalue weighted by Gasteiger charge is 2.26. The van der Waals surface area contributed by atoms with E-state index >= 15 is 0 Å². The summed E-state index contributed by atoms with van der Waals surface area (Å²) in [6.45, 7) is 5.50. The Hall–Kier alpha value is -0.610. The van der Waals surface area contributed by atoms with Gasteiger partial charge in [0, 0.05) is 13.6 Å². The second-order valence-corrected chi connectivity index (χ2v) is 5.03. The Morgan fingerprint density at radius 1 is 1.62 bits per heavy atom. The first kappa shape index (κ1) is 13.5. The van der Waals surface area contributed by atoms with Crippen LogP contribution in [0.4, 0.5) is 0 Å². The van der Waals surface area contributed by atoms with Gasteiger partial charge in [-0.25, -0.2) is 0 Å². The molecule has 16 heavy (non-hydrogen) atoms. The highest BCUT2D eigenvalue weighted by molar-refractivity contribution is 5.81. The lowest BCUT2D eigenvalue weighted by Gasteiger charge is -2.30. The number of carbonyl (C=O) groups excluding carboxylic acids is 1. The quantitative estimate of drug-likeness (QED) is 0.741. The van der Waals surface area contributed by atoms with E-state index in [0.717, 1.165) is 19.4 Å². The normalized spacial score (nSPS) is 27.5. The number of aliphatic hydroxyl groups excluding tert-OH is 1. The van der Waals surface area contributed by atoms with Gasteiger partial charge in [-0.3, -0.25) is 4.79 Å². The van der Waals surface area contributed by atoms with Crippen molar-refractivity contribution >= 4 is 5.91 Å². The number of nitrogens with zero attached hydrogens (tertiary/aromatic N) is 1. The molecule has 1 aliphatic rings. The van der Waals surface area contributed by atoms with Gasteiger partial charge in [0.25, 0.3) is 0 Å². The van der Waals surface area contributed by atoms with Crippen LogP contribution in [0.5, 0.6) is 0 Å². The minimum Gasteiger partial charge on any atom is -0.393 e. The Bertz CT molecular complexity index is 231. The van der Waals surface area contributed by atoms with E-state index < -0.39 is 0 Å². The van der Waals surface area contributed by atoms with E-state index in [2.05, 4.69) is 12.2 Å². The summed E-state index contributed by atoms with van der Waals surface area (Å²) in [5.41, 5.74) is 0. The fourth-order valence-corrected chi connectivity index (χ4v) is 2.05. The van der Waals surface area contributed by atoms with Crippen LogP contribution in [0, 0.1) is 5.92 Å². The molecule has 0 aromatic heterocycles. The van der Waals surface area contributed by atoms with E-state index in [1.807, 2.05) is 7.05 Å². The summed E-state index contributed by atoms with van der Waals surface area (Å²) >= 11 is 0. The average Bonchev–Trinajstić information content (AvgIpc) is 2.24. The van der Waals surface area contributed by atoms with Crippen molar-refractivity contribution in [3.63, 3.8) is 0 Å². The molecule has 3 unspecified atom stereocenters. The van der Waals surface area contributed by atoms with E-state index in [-0.39, 0.29) is 18.1 Å². The minimum absolute atomic E-state index is 0.0252. The molecular weight excluding hydrogens is 204 g/mol. The van der Waals surface area contributed by atoms with Crippen LogP contribution < -0.4 is 5.32 Å². The molecule has 0 saturated carbocycles. The Morgan fingerprint density at radius 3 is 2.88 bits per heavy atom. The first-order valence-electron chi connectivity index (χ1n) is 6.17. The molecule has 2 N–H and O–H groups in total. The second kappa shape index (κ2) is 6.21. The van der Waals surface area contributed by atoms with Crippen LogP contribution in [0.3, 0.4) is 0 Å². The molecule has 0 aliphatic carbocycles. The summed E-state index contributed by atoms with van der Waals surface area (Å²) in [4.78, 5) is 13.8. The van der Waals surface area contributed by atoms with Crippen molar-refractivity contribution in [2.24, 2.45) is 5.92 Å². The summed E-state index contributed by atoms with van der Waals surface area (Å²) in [6.07, 6.45) is 2.39. The van der Waals surface area contributed by atoms with Crippen molar-refractivity contribution < 1.29 is 9.90 Å². The summed E-state index contributed by atoms with van der Waals surface area (Å²) < 4.78 is 0. The molecule has 4 heteroatoms. The van der Waals surface area contributed by atoms with E-state index in [4.69, 9.17) is 0 Å². The van der Waals surface area contributed by atoms with Crippen LogP contribution in [-0.2, 0) is 4.79 Å². The van der Waals surface area contributed by atoms with Crippen LogP contribution in [0.1, 0.15) is 33.1 Å². The Kier molecular flexibility index (Phi) is 5.22. The number of aliphatic hydroxyl groups is 1. The number of piperidine rings is 1. The van der Waals surface area contributed by atoms with Gasteiger partial charge in [0.05, 0.1) is 12.1 Å². The fourth-order valence-electron chi connectivity index (χ4n) is 2.05. The van der Waals surface area contributed by atoms with Crippen LogP contribution in [0.25, 0.3) is 0 Å². The lowest BCUT2D eigenvalue weighted by atomic mass is 9.93. The standard InChI is InChI=1S/C12H24N2O2/c1-9-4-6-13-11(8-9)12(16)14(3)7-5-10(2)15/h9-11,13,15H,4-8H2,1-3H3. The molecule has 1 heterocycles. The number of hydrogen-bond acceptors (Lipinski definition) is 3. The van der Waals surface area contributed by atoms with Crippen LogP contribution in [-0.4, -0.2) is 48.2 Å². The first-order chi connectivity index (χ1) is 7.50. The van der Waals surface area contributed by atoms with Gasteiger partial charge in [-0.1, -0.05) is 6.92 Å². The predicted octanol–water partition coefficient (Wildman–Crippen LogP) is 0.604. The smallest absolute Gasteiger partial charge is 0.239 e. The van der Waals surface area contributed by atoms with Gasteiger partial charge >= 0.3 is 0 Å². The number of nitrogens with one attached hydrogen (secondary N) is 1. The van der Waals surface area contributed by atoms with Crippen molar-refractivity contribution in [2.75, 3.05) is 20.1 Å². The van der Waals surface area contributed by atoms with Gasteiger partial charge in [-0.05, 0) is 38.6 Å². The van der Waals surface area contributed by atoms with E-state index in [1.54, 1.807) is 11.8 Å². The van der Waals surface area contributed by atoms with Crippen molar-refractivity contribution in [1.29, 1.82) is 0 Å². The minimum atomic E-state index is -0.339. The molecule has 4 nitrogen and oxygen atoms in total. The van der Waals surface area contributed by atoms with E-state index in [1.165, 1.54) is 0 Å². The predicted molar refractivity (Wildman–Crippen MR) is 64.1 cm³/mol. The van der Waals surface area contributed by atoms with Crippen LogP contribution in [0.2, 0.25) is 0 Å². The van der Waals surface area contributed by atoms with Crippen molar-refractivity contribution in [2.45, 2.75) is 45.3 Å². The molecule has 0 radical (unpaired) electrons.